The molecule has 0 saturated heterocycles. The highest BCUT2D eigenvalue weighted by Gasteiger charge is 2.10. The van der Waals surface area contributed by atoms with Gasteiger partial charge in [0.1, 0.15) is 0 Å². The van der Waals surface area contributed by atoms with Crippen LogP contribution in [-0.4, -0.2) is 35.0 Å². The zero-order valence-corrected chi connectivity index (χ0v) is 13.0. The molecule has 18 heavy (non-hydrogen) atoms. The fourth-order valence-electron chi connectivity index (χ4n) is 1.60. The van der Waals surface area contributed by atoms with E-state index < -0.39 is 0 Å². The standard InChI is InChI=1S/C13H22BrN3O/c1-4-9-18-12-10-11(3)15-13(16-12)17(5-2)8-6-7-14/h10H,4-9H2,1-3H3. The summed E-state index contributed by atoms with van der Waals surface area (Å²) in [5.74, 6) is 1.45. The molecule has 0 atom stereocenters. The summed E-state index contributed by atoms with van der Waals surface area (Å²) in [7, 11) is 0. The third-order valence-electron chi connectivity index (χ3n) is 2.50. The van der Waals surface area contributed by atoms with Crippen molar-refractivity contribution < 1.29 is 4.74 Å². The molecular formula is C13H22BrN3O. The number of anilines is 1. The van der Waals surface area contributed by atoms with Crippen LogP contribution in [0.4, 0.5) is 5.95 Å². The van der Waals surface area contributed by atoms with Crippen molar-refractivity contribution in [2.45, 2.75) is 33.6 Å². The Morgan fingerprint density at radius 1 is 1.33 bits per heavy atom. The van der Waals surface area contributed by atoms with Crippen molar-refractivity contribution in [1.29, 1.82) is 0 Å². The summed E-state index contributed by atoms with van der Waals surface area (Å²) >= 11 is 3.45. The molecule has 0 unspecified atom stereocenters. The second-order valence-electron chi connectivity index (χ2n) is 4.12. The molecule has 0 saturated carbocycles. The van der Waals surface area contributed by atoms with Gasteiger partial charge in [-0.1, -0.05) is 22.9 Å². The highest BCUT2D eigenvalue weighted by molar-refractivity contribution is 9.09. The summed E-state index contributed by atoms with van der Waals surface area (Å²) in [6, 6.07) is 1.89. The number of halogens is 1. The van der Waals surface area contributed by atoms with Crippen LogP contribution in [0, 0.1) is 6.92 Å². The van der Waals surface area contributed by atoms with E-state index in [-0.39, 0.29) is 0 Å². The first-order chi connectivity index (χ1) is 8.71. The smallest absolute Gasteiger partial charge is 0.228 e. The maximum Gasteiger partial charge on any atom is 0.228 e. The average Bonchev–Trinajstić information content (AvgIpc) is 2.37. The minimum absolute atomic E-state index is 0.677. The predicted molar refractivity (Wildman–Crippen MR) is 78.9 cm³/mol. The third-order valence-corrected chi connectivity index (χ3v) is 3.06. The van der Waals surface area contributed by atoms with Crippen LogP contribution in [0.15, 0.2) is 6.07 Å². The van der Waals surface area contributed by atoms with Gasteiger partial charge in [-0.15, -0.1) is 0 Å². The van der Waals surface area contributed by atoms with Crippen LogP contribution in [0.3, 0.4) is 0 Å². The fraction of sp³-hybridized carbons (Fsp3) is 0.692. The Morgan fingerprint density at radius 2 is 2.11 bits per heavy atom. The number of alkyl halides is 1. The average molecular weight is 316 g/mol. The van der Waals surface area contributed by atoms with Crippen molar-refractivity contribution in [3.8, 4) is 5.88 Å². The molecule has 0 amide bonds. The normalized spacial score (nSPS) is 10.4. The lowest BCUT2D eigenvalue weighted by Gasteiger charge is -2.21. The van der Waals surface area contributed by atoms with Gasteiger partial charge < -0.3 is 9.64 Å². The van der Waals surface area contributed by atoms with Crippen molar-refractivity contribution in [2.24, 2.45) is 0 Å². The van der Waals surface area contributed by atoms with Crippen LogP contribution in [0.2, 0.25) is 0 Å². The molecule has 4 nitrogen and oxygen atoms in total. The predicted octanol–water partition coefficient (Wildman–Crippen LogP) is 3.19. The topological polar surface area (TPSA) is 38.2 Å². The fourth-order valence-corrected chi connectivity index (χ4v) is 1.85. The largest absolute Gasteiger partial charge is 0.478 e. The van der Waals surface area contributed by atoms with E-state index in [1.165, 1.54) is 0 Å². The van der Waals surface area contributed by atoms with Gasteiger partial charge in [0.25, 0.3) is 0 Å². The van der Waals surface area contributed by atoms with Crippen LogP contribution >= 0.6 is 15.9 Å². The summed E-state index contributed by atoms with van der Waals surface area (Å²) in [5.41, 5.74) is 0.948. The molecular weight excluding hydrogens is 294 g/mol. The maximum absolute atomic E-state index is 5.59. The molecule has 0 spiro atoms. The Kier molecular flexibility index (Phi) is 7.01. The Balaban J connectivity index is 2.81. The van der Waals surface area contributed by atoms with E-state index in [2.05, 4.69) is 44.6 Å². The molecule has 0 aliphatic rings. The molecule has 0 radical (unpaired) electrons. The van der Waals surface area contributed by atoms with Crippen LogP contribution in [0.5, 0.6) is 5.88 Å². The third kappa shape index (κ3) is 4.80. The van der Waals surface area contributed by atoms with Gasteiger partial charge in [-0.3, -0.25) is 0 Å². The summed E-state index contributed by atoms with van der Waals surface area (Å²) in [6.07, 6.45) is 2.07. The summed E-state index contributed by atoms with van der Waals surface area (Å²) in [5, 5.41) is 0.995. The number of hydrogen-bond donors (Lipinski definition) is 0. The molecule has 0 aliphatic carbocycles. The van der Waals surface area contributed by atoms with E-state index in [1.807, 2.05) is 13.0 Å². The molecule has 1 rings (SSSR count). The molecule has 1 aromatic rings. The minimum atomic E-state index is 0.677. The van der Waals surface area contributed by atoms with Crippen molar-refractivity contribution in [3.63, 3.8) is 0 Å². The van der Waals surface area contributed by atoms with Crippen molar-refractivity contribution in [3.05, 3.63) is 11.8 Å². The molecule has 102 valence electrons. The minimum Gasteiger partial charge on any atom is -0.478 e. The van der Waals surface area contributed by atoms with Gasteiger partial charge in [0.05, 0.1) is 6.61 Å². The lowest BCUT2D eigenvalue weighted by atomic mass is 10.4. The zero-order valence-electron chi connectivity index (χ0n) is 11.4. The number of aryl methyl sites for hydroxylation is 1. The van der Waals surface area contributed by atoms with Gasteiger partial charge in [0.2, 0.25) is 11.8 Å². The Labute approximate surface area is 118 Å². The SMILES string of the molecule is CCCOc1cc(C)nc(N(CC)CCCBr)n1. The van der Waals surface area contributed by atoms with Gasteiger partial charge in [-0.05, 0) is 26.7 Å². The van der Waals surface area contributed by atoms with E-state index >= 15 is 0 Å². The lowest BCUT2D eigenvalue weighted by molar-refractivity contribution is 0.304. The number of ether oxygens (including phenoxy) is 1. The summed E-state index contributed by atoms with van der Waals surface area (Å²) < 4.78 is 5.59. The van der Waals surface area contributed by atoms with Crippen molar-refractivity contribution >= 4 is 21.9 Å². The second kappa shape index (κ2) is 8.29. The van der Waals surface area contributed by atoms with Crippen LogP contribution in [-0.2, 0) is 0 Å². The summed E-state index contributed by atoms with van der Waals surface area (Å²) in [6.45, 7) is 8.74. The molecule has 5 heteroatoms. The Bertz CT molecular complexity index is 360. The quantitative estimate of drug-likeness (QED) is 0.691. The molecule has 1 aromatic heterocycles. The maximum atomic E-state index is 5.59. The van der Waals surface area contributed by atoms with Gasteiger partial charge in [-0.2, -0.15) is 4.98 Å². The molecule has 0 aliphatic heterocycles. The molecule has 1 heterocycles. The van der Waals surface area contributed by atoms with Gasteiger partial charge >= 0.3 is 0 Å². The molecule has 0 fully saturated rings. The van der Waals surface area contributed by atoms with Crippen LogP contribution in [0.1, 0.15) is 32.4 Å². The van der Waals surface area contributed by atoms with Gasteiger partial charge in [-0.25, -0.2) is 4.98 Å². The van der Waals surface area contributed by atoms with Crippen LogP contribution < -0.4 is 9.64 Å². The van der Waals surface area contributed by atoms with Crippen LogP contribution in [0.25, 0.3) is 0 Å². The highest BCUT2D eigenvalue weighted by atomic mass is 79.9. The molecule has 0 aromatic carbocycles. The Morgan fingerprint density at radius 3 is 2.72 bits per heavy atom. The Hall–Kier alpha value is -0.840. The lowest BCUT2D eigenvalue weighted by Crippen LogP contribution is -2.26. The number of hydrogen-bond acceptors (Lipinski definition) is 4. The van der Waals surface area contributed by atoms with Gasteiger partial charge in [0, 0.05) is 30.2 Å². The zero-order chi connectivity index (χ0) is 13.4. The highest BCUT2D eigenvalue weighted by Crippen LogP contribution is 2.16. The van der Waals surface area contributed by atoms with E-state index in [0.717, 1.165) is 42.9 Å². The number of rotatable bonds is 8. The first-order valence-corrected chi connectivity index (χ1v) is 7.62. The second-order valence-corrected chi connectivity index (χ2v) is 4.91. The number of aromatic nitrogens is 2. The summed E-state index contributed by atoms with van der Waals surface area (Å²) in [4.78, 5) is 11.1. The van der Waals surface area contributed by atoms with E-state index in [9.17, 15) is 0 Å². The van der Waals surface area contributed by atoms with Crippen molar-refractivity contribution in [2.75, 3.05) is 29.9 Å². The van der Waals surface area contributed by atoms with Crippen molar-refractivity contribution in [1.82, 2.24) is 9.97 Å². The van der Waals surface area contributed by atoms with E-state index in [0.29, 0.717) is 12.5 Å². The molecule has 0 bridgehead atoms. The van der Waals surface area contributed by atoms with E-state index in [4.69, 9.17) is 4.74 Å². The molecule has 0 N–H and O–H groups in total. The van der Waals surface area contributed by atoms with Gasteiger partial charge in [0.15, 0.2) is 0 Å². The van der Waals surface area contributed by atoms with E-state index in [1.54, 1.807) is 0 Å². The monoisotopic (exact) mass is 315 g/mol. The number of nitrogens with zero attached hydrogens (tertiary/aromatic N) is 3. The first-order valence-electron chi connectivity index (χ1n) is 6.50. The first kappa shape index (κ1) is 15.2.